The lowest BCUT2D eigenvalue weighted by Gasteiger charge is -2.00. The summed E-state index contributed by atoms with van der Waals surface area (Å²) in [5, 5.41) is 12.5. The van der Waals surface area contributed by atoms with Crippen LogP contribution in [-0.2, 0) is 13.1 Å². The van der Waals surface area contributed by atoms with Gasteiger partial charge in [0.25, 0.3) is 6.43 Å². The summed E-state index contributed by atoms with van der Waals surface area (Å²) < 4.78 is 29.0. The van der Waals surface area contributed by atoms with Gasteiger partial charge in [0.05, 0.1) is 12.2 Å². The molecule has 2 aromatic heterocycles. The summed E-state index contributed by atoms with van der Waals surface area (Å²) in [6, 6.07) is 1.64. The van der Waals surface area contributed by atoms with Gasteiger partial charge in [-0.15, -0.1) is 5.10 Å². The highest BCUT2D eigenvalue weighted by Crippen LogP contribution is 2.07. The van der Waals surface area contributed by atoms with E-state index in [0.717, 1.165) is 5.69 Å². The minimum absolute atomic E-state index is 0.389. The smallest absolute Gasteiger partial charge is 0.257 e. The van der Waals surface area contributed by atoms with Crippen LogP contribution in [0.5, 0.6) is 0 Å². The molecule has 0 bridgehead atoms. The lowest BCUT2D eigenvalue weighted by molar-refractivity contribution is 0.122. The van der Waals surface area contributed by atoms with Gasteiger partial charge in [0.15, 0.2) is 0 Å². The standard InChI is InChI=1S/C8H9F2N5S/c9-7(10)4-15-2-1-8(13-15)11-3-6-5-16-14-12-6/h1-2,5,7H,3-4H2,(H,11,13). The maximum atomic E-state index is 12.0. The SMILES string of the molecule is FC(F)Cn1ccc(NCc2csnn2)n1. The molecule has 0 saturated carbocycles. The lowest BCUT2D eigenvalue weighted by atomic mass is 10.5. The summed E-state index contributed by atoms with van der Waals surface area (Å²) in [6.45, 7) is 0.0993. The van der Waals surface area contributed by atoms with E-state index in [1.807, 2.05) is 5.38 Å². The van der Waals surface area contributed by atoms with E-state index in [-0.39, 0.29) is 6.54 Å². The topological polar surface area (TPSA) is 55.6 Å². The van der Waals surface area contributed by atoms with Crippen molar-refractivity contribution in [3.05, 3.63) is 23.3 Å². The van der Waals surface area contributed by atoms with Crippen LogP contribution in [0.2, 0.25) is 0 Å². The van der Waals surface area contributed by atoms with Gasteiger partial charge in [-0.25, -0.2) is 8.78 Å². The maximum absolute atomic E-state index is 12.0. The molecule has 0 saturated heterocycles. The zero-order valence-corrected chi connectivity index (χ0v) is 8.99. The molecule has 0 radical (unpaired) electrons. The summed E-state index contributed by atoms with van der Waals surface area (Å²) in [5.74, 6) is 0.550. The van der Waals surface area contributed by atoms with Crippen LogP contribution in [0, 0.1) is 0 Å². The third kappa shape index (κ3) is 2.96. The average molecular weight is 245 g/mol. The Kier molecular flexibility index (Phi) is 3.40. The third-order valence-electron chi connectivity index (χ3n) is 1.82. The highest BCUT2D eigenvalue weighted by atomic mass is 32.1. The molecule has 0 amide bonds. The predicted octanol–water partition coefficient (Wildman–Crippen LogP) is 1.61. The molecule has 0 aliphatic rings. The molecular weight excluding hydrogens is 236 g/mol. The molecule has 86 valence electrons. The lowest BCUT2D eigenvalue weighted by Crippen LogP contribution is -2.08. The molecule has 8 heteroatoms. The predicted molar refractivity (Wildman–Crippen MR) is 55.5 cm³/mol. The van der Waals surface area contributed by atoms with Crippen LogP contribution in [0.3, 0.4) is 0 Å². The van der Waals surface area contributed by atoms with Crippen molar-refractivity contribution in [2.24, 2.45) is 0 Å². The normalized spacial score (nSPS) is 10.9. The number of anilines is 1. The molecule has 0 unspecified atom stereocenters. The van der Waals surface area contributed by atoms with Gasteiger partial charge < -0.3 is 5.32 Å². The van der Waals surface area contributed by atoms with Crippen molar-refractivity contribution in [2.45, 2.75) is 19.5 Å². The van der Waals surface area contributed by atoms with Crippen LogP contribution in [0.15, 0.2) is 17.6 Å². The molecule has 1 N–H and O–H groups in total. The zero-order chi connectivity index (χ0) is 11.4. The van der Waals surface area contributed by atoms with Crippen LogP contribution >= 0.6 is 11.5 Å². The zero-order valence-electron chi connectivity index (χ0n) is 8.18. The van der Waals surface area contributed by atoms with Gasteiger partial charge in [-0.2, -0.15) is 5.10 Å². The van der Waals surface area contributed by atoms with Crippen LogP contribution in [-0.4, -0.2) is 25.8 Å². The summed E-state index contributed by atoms with van der Waals surface area (Å²) in [6.07, 6.45) is -0.885. The number of alkyl halides is 2. The second kappa shape index (κ2) is 4.97. The van der Waals surface area contributed by atoms with Crippen LogP contribution in [0.1, 0.15) is 5.69 Å². The van der Waals surface area contributed by atoms with Crippen LogP contribution < -0.4 is 5.32 Å². The second-order valence-corrected chi connectivity index (χ2v) is 3.67. The van der Waals surface area contributed by atoms with E-state index in [0.29, 0.717) is 12.4 Å². The number of rotatable bonds is 5. The molecule has 16 heavy (non-hydrogen) atoms. The Bertz CT molecular complexity index is 427. The number of aromatic nitrogens is 4. The summed E-state index contributed by atoms with van der Waals surface area (Å²) in [7, 11) is 0. The van der Waals surface area contributed by atoms with Crippen molar-refractivity contribution >= 4 is 17.4 Å². The first-order chi connectivity index (χ1) is 7.74. The van der Waals surface area contributed by atoms with Crippen LogP contribution in [0.25, 0.3) is 0 Å². The molecule has 2 heterocycles. The molecule has 0 aromatic carbocycles. The fourth-order valence-corrected chi connectivity index (χ4v) is 1.59. The minimum Gasteiger partial charge on any atom is -0.363 e. The molecular formula is C8H9F2N5S. The Morgan fingerprint density at radius 3 is 3.06 bits per heavy atom. The molecule has 0 spiro atoms. The fraction of sp³-hybridized carbons (Fsp3) is 0.375. The number of nitrogens with zero attached hydrogens (tertiary/aromatic N) is 4. The van der Waals surface area contributed by atoms with E-state index in [2.05, 4.69) is 20.0 Å². The molecule has 0 aliphatic heterocycles. The number of hydrogen-bond acceptors (Lipinski definition) is 5. The van der Waals surface area contributed by atoms with Gasteiger partial charge in [-0.3, -0.25) is 4.68 Å². The molecule has 0 fully saturated rings. The van der Waals surface area contributed by atoms with Crippen molar-refractivity contribution in [3.63, 3.8) is 0 Å². The van der Waals surface area contributed by atoms with Gasteiger partial charge >= 0.3 is 0 Å². The average Bonchev–Trinajstić information content (AvgIpc) is 2.84. The molecule has 2 aromatic rings. The van der Waals surface area contributed by atoms with Crippen molar-refractivity contribution < 1.29 is 8.78 Å². The van der Waals surface area contributed by atoms with E-state index in [1.165, 1.54) is 22.4 Å². The van der Waals surface area contributed by atoms with Gasteiger partial charge in [0, 0.05) is 17.6 Å². The Balaban J connectivity index is 1.88. The van der Waals surface area contributed by atoms with Gasteiger partial charge in [-0.1, -0.05) is 4.49 Å². The summed E-state index contributed by atoms with van der Waals surface area (Å²) in [5.41, 5.74) is 0.799. The first-order valence-electron chi connectivity index (χ1n) is 4.55. The van der Waals surface area contributed by atoms with Gasteiger partial charge in [0.2, 0.25) is 0 Å². The molecule has 5 nitrogen and oxygen atoms in total. The molecule has 0 atom stereocenters. The first kappa shape index (κ1) is 10.9. The summed E-state index contributed by atoms with van der Waals surface area (Å²) >= 11 is 1.26. The highest BCUT2D eigenvalue weighted by molar-refractivity contribution is 7.03. The second-order valence-electron chi connectivity index (χ2n) is 3.06. The quantitative estimate of drug-likeness (QED) is 0.869. The first-order valence-corrected chi connectivity index (χ1v) is 5.39. The van der Waals surface area contributed by atoms with E-state index < -0.39 is 6.43 Å². The van der Waals surface area contributed by atoms with E-state index in [9.17, 15) is 8.78 Å². The minimum atomic E-state index is -2.39. The van der Waals surface area contributed by atoms with E-state index in [4.69, 9.17) is 0 Å². The maximum Gasteiger partial charge on any atom is 0.257 e. The molecule has 2 rings (SSSR count). The molecule has 0 aliphatic carbocycles. The Hall–Kier alpha value is -1.57. The van der Waals surface area contributed by atoms with Gasteiger partial charge in [0.1, 0.15) is 12.4 Å². The van der Waals surface area contributed by atoms with Crippen molar-refractivity contribution in [1.82, 2.24) is 19.4 Å². The highest BCUT2D eigenvalue weighted by Gasteiger charge is 2.05. The van der Waals surface area contributed by atoms with Crippen LogP contribution in [0.4, 0.5) is 14.6 Å². The monoisotopic (exact) mass is 245 g/mol. The van der Waals surface area contributed by atoms with Gasteiger partial charge in [-0.05, 0) is 11.5 Å². The fourth-order valence-electron chi connectivity index (χ4n) is 1.14. The van der Waals surface area contributed by atoms with E-state index in [1.54, 1.807) is 6.07 Å². The largest absolute Gasteiger partial charge is 0.363 e. The third-order valence-corrected chi connectivity index (χ3v) is 2.37. The number of nitrogens with one attached hydrogen (secondary N) is 1. The van der Waals surface area contributed by atoms with Crippen molar-refractivity contribution in [3.8, 4) is 0 Å². The van der Waals surface area contributed by atoms with E-state index >= 15 is 0 Å². The Labute approximate surface area is 94.3 Å². The number of hydrogen-bond donors (Lipinski definition) is 1. The van der Waals surface area contributed by atoms with Crippen molar-refractivity contribution in [2.75, 3.05) is 5.32 Å². The summed E-state index contributed by atoms with van der Waals surface area (Å²) in [4.78, 5) is 0. The Morgan fingerprint density at radius 2 is 2.38 bits per heavy atom. The van der Waals surface area contributed by atoms with Crippen molar-refractivity contribution in [1.29, 1.82) is 0 Å². The number of halogens is 2. The Morgan fingerprint density at radius 1 is 1.50 bits per heavy atom.